The highest BCUT2D eigenvalue weighted by atomic mass is 32.2. The van der Waals surface area contributed by atoms with Crippen molar-refractivity contribution in [3.8, 4) is 5.69 Å². The molecule has 5 aromatic rings. The van der Waals surface area contributed by atoms with Gasteiger partial charge >= 0.3 is 5.63 Å². The third-order valence-electron chi connectivity index (χ3n) is 5.54. The Balaban J connectivity index is 1.59. The first-order chi connectivity index (χ1) is 16.9. The molecule has 5 rings (SSSR count). The Bertz CT molecular complexity index is 1700. The SMILES string of the molecule is CC(=O)Nc1ccc2c(CSc3nc4ccccc4c(=O)n3-c3ccc(C)cc3)cc(=O)oc2c1. The van der Waals surface area contributed by atoms with Crippen LogP contribution in [0.15, 0.2) is 92.0 Å². The number of aromatic nitrogens is 2. The second-order valence-electron chi connectivity index (χ2n) is 8.16. The number of amides is 1. The molecule has 174 valence electrons. The molecule has 0 saturated heterocycles. The van der Waals surface area contributed by atoms with Gasteiger partial charge in [0, 0.05) is 35.9 Å². The minimum absolute atomic E-state index is 0.153. The van der Waals surface area contributed by atoms with Gasteiger partial charge in [0.2, 0.25) is 5.91 Å². The monoisotopic (exact) mass is 483 g/mol. The van der Waals surface area contributed by atoms with Crippen LogP contribution in [0.25, 0.3) is 27.6 Å². The molecule has 0 aliphatic heterocycles. The second-order valence-corrected chi connectivity index (χ2v) is 9.10. The summed E-state index contributed by atoms with van der Waals surface area (Å²) in [4.78, 5) is 41.9. The number of hydrogen-bond donors (Lipinski definition) is 1. The summed E-state index contributed by atoms with van der Waals surface area (Å²) in [5.41, 5.74) is 3.44. The van der Waals surface area contributed by atoms with Gasteiger partial charge in [-0.15, -0.1) is 0 Å². The van der Waals surface area contributed by atoms with Gasteiger partial charge in [0.15, 0.2) is 5.16 Å². The largest absolute Gasteiger partial charge is 0.423 e. The molecule has 0 spiro atoms. The van der Waals surface area contributed by atoms with Crippen LogP contribution in [0.4, 0.5) is 5.69 Å². The Hall–Kier alpha value is -4.17. The topological polar surface area (TPSA) is 94.2 Å². The number of fused-ring (bicyclic) bond motifs is 2. The molecule has 0 atom stereocenters. The summed E-state index contributed by atoms with van der Waals surface area (Å²) >= 11 is 1.37. The normalized spacial score (nSPS) is 11.1. The predicted molar refractivity (Wildman–Crippen MR) is 138 cm³/mol. The van der Waals surface area contributed by atoms with Crippen LogP contribution in [0.5, 0.6) is 0 Å². The number of benzene rings is 3. The lowest BCUT2D eigenvalue weighted by Crippen LogP contribution is -2.21. The first-order valence-electron chi connectivity index (χ1n) is 10.9. The molecule has 0 aliphatic rings. The molecule has 0 bridgehead atoms. The van der Waals surface area contributed by atoms with E-state index in [1.165, 1.54) is 24.8 Å². The molecule has 0 fully saturated rings. The van der Waals surface area contributed by atoms with Gasteiger partial charge in [0.1, 0.15) is 5.58 Å². The second kappa shape index (κ2) is 9.23. The van der Waals surface area contributed by atoms with Crippen LogP contribution >= 0.6 is 11.8 Å². The summed E-state index contributed by atoms with van der Waals surface area (Å²) in [6.07, 6.45) is 0. The van der Waals surface area contributed by atoms with Crippen molar-refractivity contribution in [3.63, 3.8) is 0 Å². The first-order valence-corrected chi connectivity index (χ1v) is 11.9. The highest BCUT2D eigenvalue weighted by Gasteiger charge is 2.15. The van der Waals surface area contributed by atoms with Crippen LogP contribution in [0.3, 0.4) is 0 Å². The number of nitrogens with zero attached hydrogens (tertiary/aromatic N) is 2. The van der Waals surface area contributed by atoms with E-state index in [9.17, 15) is 14.4 Å². The molecule has 1 N–H and O–H groups in total. The first kappa shape index (κ1) is 22.6. The average Bonchev–Trinajstić information content (AvgIpc) is 2.83. The Labute approximate surface area is 204 Å². The van der Waals surface area contributed by atoms with Crippen LogP contribution in [-0.2, 0) is 10.5 Å². The van der Waals surface area contributed by atoms with Crippen molar-refractivity contribution in [1.29, 1.82) is 0 Å². The van der Waals surface area contributed by atoms with E-state index < -0.39 is 5.63 Å². The van der Waals surface area contributed by atoms with Crippen molar-refractivity contribution >= 4 is 45.2 Å². The van der Waals surface area contributed by atoms with Crippen LogP contribution in [0, 0.1) is 6.92 Å². The van der Waals surface area contributed by atoms with Gasteiger partial charge in [0.25, 0.3) is 5.56 Å². The molecule has 2 aromatic heterocycles. The third-order valence-corrected chi connectivity index (χ3v) is 6.53. The van der Waals surface area contributed by atoms with E-state index in [1.54, 1.807) is 28.8 Å². The number of hydrogen-bond acceptors (Lipinski definition) is 6. The van der Waals surface area contributed by atoms with Crippen molar-refractivity contribution in [2.45, 2.75) is 24.8 Å². The summed E-state index contributed by atoms with van der Waals surface area (Å²) in [5.74, 6) is 0.174. The summed E-state index contributed by atoms with van der Waals surface area (Å²) in [7, 11) is 0. The lowest BCUT2D eigenvalue weighted by molar-refractivity contribution is -0.114. The Kier molecular flexibility index (Phi) is 5.96. The minimum Gasteiger partial charge on any atom is -0.423 e. The minimum atomic E-state index is -0.490. The van der Waals surface area contributed by atoms with Gasteiger partial charge in [-0.3, -0.25) is 14.2 Å². The molecule has 0 radical (unpaired) electrons. The summed E-state index contributed by atoms with van der Waals surface area (Å²) in [6.45, 7) is 3.40. The molecule has 0 aliphatic carbocycles. The van der Waals surface area contributed by atoms with E-state index in [0.717, 1.165) is 22.2 Å². The van der Waals surface area contributed by atoms with Crippen molar-refractivity contribution in [2.24, 2.45) is 0 Å². The molecule has 7 nitrogen and oxygen atoms in total. The maximum atomic E-state index is 13.4. The molecule has 0 unspecified atom stereocenters. The molecule has 3 aromatic carbocycles. The van der Waals surface area contributed by atoms with Crippen molar-refractivity contribution in [3.05, 3.63) is 105 Å². The fourth-order valence-corrected chi connectivity index (χ4v) is 4.91. The van der Waals surface area contributed by atoms with Gasteiger partial charge in [-0.05, 0) is 48.9 Å². The fraction of sp³-hybridized carbons (Fsp3) is 0.111. The van der Waals surface area contributed by atoms with Crippen molar-refractivity contribution < 1.29 is 9.21 Å². The van der Waals surface area contributed by atoms with Crippen LogP contribution in [0.2, 0.25) is 0 Å². The molecular weight excluding hydrogens is 462 g/mol. The lowest BCUT2D eigenvalue weighted by atomic mass is 10.1. The van der Waals surface area contributed by atoms with Crippen LogP contribution < -0.4 is 16.5 Å². The molecule has 0 saturated carbocycles. The maximum Gasteiger partial charge on any atom is 0.336 e. The maximum absolute atomic E-state index is 13.4. The van der Waals surface area contributed by atoms with Crippen molar-refractivity contribution in [2.75, 3.05) is 5.32 Å². The average molecular weight is 484 g/mol. The predicted octanol–water partition coefficient (Wildman–Crippen LogP) is 5.05. The van der Waals surface area contributed by atoms with Crippen LogP contribution in [0.1, 0.15) is 18.1 Å². The van der Waals surface area contributed by atoms with Crippen LogP contribution in [-0.4, -0.2) is 15.5 Å². The number of anilines is 1. The number of thioether (sulfide) groups is 1. The highest BCUT2D eigenvalue weighted by molar-refractivity contribution is 7.98. The van der Waals surface area contributed by atoms with E-state index in [-0.39, 0.29) is 11.5 Å². The number of nitrogens with one attached hydrogen (secondary N) is 1. The quantitative estimate of drug-likeness (QED) is 0.214. The number of aryl methyl sites for hydroxylation is 1. The standard InChI is InChI=1S/C27H21N3O4S/c1-16-7-10-20(11-8-16)30-26(33)22-5-3-4-6-23(22)29-27(30)35-15-18-13-25(32)34-24-14-19(28-17(2)31)9-12-21(18)24/h3-14H,15H2,1-2H3,(H,28,31). The van der Waals surface area contributed by atoms with Gasteiger partial charge < -0.3 is 9.73 Å². The number of carbonyl (C=O) groups excluding carboxylic acids is 1. The van der Waals surface area contributed by atoms with Gasteiger partial charge in [-0.25, -0.2) is 9.78 Å². The molecule has 1 amide bonds. The Morgan fingerprint density at radius 2 is 1.77 bits per heavy atom. The molecule has 8 heteroatoms. The molecule has 35 heavy (non-hydrogen) atoms. The summed E-state index contributed by atoms with van der Waals surface area (Å²) in [5, 5.41) is 4.50. The van der Waals surface area contributed by atoms with Gasteiger partial charge in [-0.2, -0.15) is 0 Å². The van der Waals surface area contributed by atoms with E-state index in [2.05, 4.69) is 5.32 Å². The van der Waals surface area contributed by atoms with E-state index in [4.69, 9.17) is 9.40 Å². The molecular formula is C27H21N3O4S. The van der Waals surface area contributed by atoms with E-state index >= 15 is 0 Å². The summed E-state index contributed by atoms with van der Waals surface area (Å²) < 4.78 is 6.98. The zero-order valence-electron chi connectivity index (χ0n) is 19.1. The zero-order valence-corrected chi connectivity index (χ0v) is 19.9. The summed E-state index contributed by atoms with van der Waals surface area (Å²) in [6, 6.07) is 21.6. The van der Waals surface area contributed by atoms with E-state index in [1.807, 2.05) is 49.4 Å². The van der Waals surface area contributed by atoms with Gasteiger partial charge in [0.05, 0.1) is 16.6 Å². The zero-order chi connectivity index (χ0) is 24.5. The Morgan fingerprint density at radius 1 is 1.00 bits per heavy atom. The van der Waals surface area contributed by atoms with E-state index in [0.29, 0.717) is 33.1 Å². The van der Waals surface area contributed by atoms with Crippen molar-refractivity contribution in [1.82, 2.24) is 9.55 Å². The number of para-hydroxylation sites is 1. The third kappa shape index (κ3) is 4.61. The smallest absolute Gasteiger partial charge is 0.336 e. The highest BCUT2D eigenvalue weighted by Crippen LogP contribution is 2.29. The Morgan fingerprint density at radius 3 is 2.54 bits per heavy atom. The lowest BCUT2D eigenvalue weighted by Gasteiger charge is -2.14. The molecule has 2 heterocycles. The fourth-order valence-electron chi connectivity index (χ4n) is 3.90. The number of rotatable bonds is 5. The number of carbonyl (C=O) groups is 1. The van der Waals surface area contributed by atoms with Gasteiger partial charge in [-0.1, -0.05) is 41.6 Å².